The van der Waals surface area contributed by atoms with Crippen LogP contribution in [-0.2, 0) is 17.3 Å². The number of amides is 1. The topological polar surface area (TPSA) is 87.6 Å². The molecule has 1 saturated carbocycles. The van der Waals surface area contributed by atoms with Gasteiger partial charge in [0.1, 0.15) is 0 Å². The molecule has 0 spiro atoms. The lowest BCUT2D eigenvalue weighted by molar-refractivity contribution is -0.140. The van der Waals surface area contributed by atoms with Gasteiger partial charge in [0.25, 0.3) is 0 Å². The Morgan fingerprint density at radius 3 is 2.74 bits per heavy atom. The zero-order valence-corrected chi connectivity index (χ0v) is 16.0. The van der Waals surface area contributed by atoms with Crippen molar-refractivity contribution in [2.75, 3.05) is 26.7 Å². The fourth-order valence-corrected chi connectivity index (χ4v) is 3.23. The number of rotatable bonds is 8. The number of carbonyl (C=O) groups is 1. The van der Waals surface area contributed by atoms with E-state index in [1.54, 1.807) is 14.0 Å². The zero-order chi connectivity index (χ0) is 19.9. The number of aliphatic imine (C=N–C) groups is 1. The molecule has 1 aromatic rings. The zero-order valence-electron chi connectivity index (χ0n) is 15.2. The molecule has 1 aliphatic carbocycles. The molecule has 152 valence electrons. The minimum absolute atomic E-state index is 0.0593. The molecule has 1 aliphatic rings. The van der Waals surface area contributed by atoms with Gasteiger partial charge in [-0.1, -0.05) is 0 Å². The summed E-state index contributed by atoms with van der Waals surface area (Å²) in [5.41, 5.74) is -0.859. The lowest BCUT2D eigenvalue weighted by Crippen LogP contribution is -2.48. The third kappa shape index (κ3) is 7.24. The van der Waals surface area contributed by atoms with Gasteiger partial charge in [-0.25, -0.2) is 9.78 Å². The Kier molecular flexibility index (Phi) is 7.69. The van der Waals surface area contributed by atoms with Crippen LogP contribution in [0.15, 0.2) is 10.4 Å². The van der Waals surface area contributed by atoms with E-state index in [2.05, 4.69) is 25.9 Å². The van der Waals surface area contributed by atoms with Crippen LogP contribution in [0.4, 0.5) is 18.0 Å². The molecule has 1 fully saturated rings. The largest absolute Gasteiger partial charge is 0.450 e. The first-order chi connectivity index (χ1) is 12.8. The first-order valence-corrected chi connectivity index (χ1v) is 9.60. The van der Waals surface area contributed by atoms with Crippen molar-refractivity contribution in [1.82, 2.24) is 20.9 Å². The van der Waals surface area contributed by atoms with Gasteiger partial charge in [0.15, 0.2) is 11.7 Å². The molecule has 1 unspecified atom stereocenters. The summed E-state index contributed by atoms with van der Waals surface area (Å²) in [5, 5.41) is 10.4. The molecule has 7 nitrogen and oxygen atoms in total. The summed E-state index contributed by atoms with van der Waals surface area (Å²) >= 11 is 0.985. The highest BCUT2D eigenvalue weighted by Crippen LogP contribution is 2.32. The first-order valence-electron chi connectivity index (χ1n) is 8.72. The summed E-state index contributed by atoms with van der Waals surface area (Å²) in [6, 6.07) is -0.0593. The van der Waals surface area contributed by atoms with Gasteiger partial charge >= 0.3 is 12.3 Å². The van der Waals surface area contributed by atoms with Gasteiger partial charge in [-0.05, 0) is 25.7 Å². The number of thiazole rings is 1. The number of hydrogen-bond acceptors (Lipinski definition) is 5. The summed E-state index contributed by atoms with van der Waals surface area (Å²) in [7, 11) is 1.60. The second kappa shape index (κ2) is 9.77. The molecule has 0 radical (unpaired) electrons. The predicted molar refractivity (Wildman–Crippen MR) is 96.9 cm³/mol. The molecule has 0 aromatic carbocycles. The van der Waals surface area contributed by atoms with Crippen molar-refractivity contribution in [3.8, 4) is 0 Å². The van der Waals surface area contributed by atoms with E-state index in [0.717, 1.165) is 29.6 Å². The number of alkyl halides is 3. The Morgan fingerprint density at radius 2 is 2.19 bits per heavy atom. The maximum Gasteiger partial charge on any atom is 0.434 e. The van der Waals surface area contributed by atoms with E-state index in [4.69, 9.17) is 4.74 Å². The van der Waals surface area contributed by atoms with E-state index >= 15 is 0 Å². The third-order valence-corrected chi connectivity index (χ3v) is 4.86. The molecule has 3 N–H and O–H groups in total. The van der Waals surface area contributed by atoms with Crippen molar-refractivity contribution in [3.63, 3.8) is 0 Å². The van der Waals surface area contributed by atoms with E-state index < -0.39 is 18.0 Å². The van der Waals surface area contributed by atoms with Crippen LogP contribution in [0, 0.1) is 5.92 Å². The van der Waals surface area contributed by atoms with Gasteiger partial charge in [-0.2, -0.15) is 13.2 Å². The summed E-state index contributed by atoms with van der Waals surface area (Å²) in [6.07, 6.45) is -2.39. The lowest BCUT2D eigenvalue weighted by Gasteiger charge is -2.20. The monoisotopic (exact) mass is 407 g/mol. The quantitative estimate of drug-likeness (QED) is 0.455. The molecule has 2 rings (SSSR count). The van der Waals surface area contributed by atoms with Crippen LogP contribution in [0.1, 0.15) is 30.5 Å². The lowest BCUT2D eigenvalue weighted by atomic mass is 10.2. The van der Waals surface area contributed by atoms with Gasteiger partial charge in [0, 0.05) is 31.9 Å². The number of halogens is 3. The molecule has 0 bridgehead atoms. The number of guanidine groups is 1. The number of aromatic nitrogens is 1. The molecule has 27 heavy (non-hydrogen) atoms. The average Bonchev–Trinajstić information content (AvgIpc) is 3.33. The third-order valence-electron chi connectivity index (χ3n) is 3.96. The SMILES string of the molecule is CCOC(=O)NC(CNC(=NC)NCCc1nc(C(F)(F)F)cs1)C1CC1. The van der Waals surface area contributed by atoms with Gasteiger partial charge in [0.2, 0.25) is 0 Å². The standard InChI is InChI=1S/C16H24F3N5O2S/c1-3-26-15(25)23-11(10-4-5-10)8-22-14(20-2)21-7-6-13-24-12(9-27-13)16(17,18)19/h9-11H,3-8H2,1-2H3,(H,23,25)(H2,20,21,22). The Morgan fingerprint density at radius 1 is 1.44 bits per heavy atom. The maximum atomic E-state index is 12.6. The van der Waals surface area contributed by atoms with Gasteiger partial charge in [-0.3, -0.25) is 4.99 Å². The summed E-state index contributed by atoms with van der Waals surface area (Å²) in [6.45, 7) is 2.94. The fourth-order valence-electron chi connectivity index (χ4n) is 2.43. The second-order valence-electron chi connectivity index (χ2n) is 6.06. The van der Waals surface area contributed by atoms with Crippen molar-refractivity contribution >= 4 is 23.4 Å². The van der Waals surface area contributed by atoms with E-state index in [9.17, 15) is 18.0 Å². The predicted octanol–water partition coefficient (Wildman–Crippen LogP) is 2.39. The molecular formula is C16H24F3N5O2S. The van der Waals surface area contributed by atoms with Crippen LogP contribution < -0.4 is 16.0 Å². The molecule has 1 atom stereocenters. The van der Waals surface area contributed by atoms with Crippen LogP contribution in [0.25, 0.3) is 0 Å². The second-order valence-corrected chi connectivity index (χ2v) is 7.01. The Bertz CT molecular complexity index is 646. The van der Waals surface area contributed by atoms with Crippen molar-refractivity contribution < 1.29 is 22.7 Å². The van der Waals surface area contributed by atoms with Crippen LogP contribution >= 0.6 is 11.3 Å². The maximum absolute atomic E-state index is 12.6. The molecule has 0 saturated heterocycles. The number of alkyl carbamates (subject to hydrolysis) is 1. The van der Waals surface area contributed by atoms with Gasteiger partial charge < -0.3 is 20.7 Å². The smallest absolute Gasteiger partial charge is 0.434 e. The Labute approximate surface area is 159 Å². The minimum Gasteiger partial charge on any atom is -0.450 e. The van der Waals surface area contributed by atoms with E-state index in [1.165, 1.54) is 0 Å². The molecule has 11 heteroatoms. The number of carbonyl (C=O) groups excluding carboxylic acids is 1. The molecular weight excluding hydrogens is 383 g/mol. The molecule has 1 aromatic heterocycles. The summed E-state index contributed by atoms with van der Waals surface area (Å²) < 4.78 is 42.6. The molecule has 1 amide bonds. The van der Waals surface area contributed by atoms with E-state index in [0.29, 0.717) is 43.0 Å². The summed E-state index contributed by atoms with van der Waals surface area (Å²) in [4.78, 5) is 19.3. The van der Waals surface area contributed by atoms with Gasteiger partial charge in [0.05, 0.1) is 17.7 Å². The first kappa shape index (κ1) is 21.3. The number of ether oxygens (including phenoxy) is 1. The van der Waals surface area contributed by atoms with Crippen molar-refractivity contribution in [2.45, 2.75) is 38.4 Å². The van der Waals surface area contributed by atoms with Crippen LogP contribution in [0.5, 0.6) is 0 Å². The Balaban J connectivity index is 1.74. The molecule has 1 heterocycles. The fraction of sp³-hybridized carbons (Fsp3) is 0.688. The highest BCUT2D eigenvalue weighted by Gasteiger charge is 2.34. The number of nitrogens with zero attached hydrogens (tertiary/aromatic N) is 2. The number of nitrogens with one attached hydrogen (secondary N) is 3. The molecule has 0 aliphatic heterocycles. The van der Waals surface area contributed by atoms with Crippen molar-refractivity contribution in [1.29, 1.82) is 0 Å². The van der Waals surface area contributed by atoms with Crippen LogP contribution in [-0.4, -0.2) is 49.8 Å². The van der Waals surface area contributed by atoms with Crippen molar-refractivity contribution in [3.05, 3.63) is 16.1 Å². The number of hydrogen-bond donors (Lipinski definition) is 3. The Hall–Kier alpha value is -2.04. The highest BCUT2D eigenvalue weighted by molar-refractivity contribution is 7.09. The minimum atomic E-state index is -4.41. The van der Waals surface area contributed by atoms with E-state index in [-0.39, 0.29) is 6.04 Å². The van der Waals surface area contributed by atoms with Crippen LogP contribution in [0.3, 0.4) is 0 Å². The average molecular weight is 407 g/mol. The van der Waals surface area contributed by atoms with Gasteiger partial charge in [-0.15, -0.1) is 11.3 Å². The van der Waals surface area contributed by atoms with Crippen LogP contribution in [0.2, 0.25) is 0 Å². The highest BCUT2D eigenvalue weighted by atomic mass is 32.1. The summed E-state index contributed by atoms with van der Waals surface area (Å²) in [5.74, 6) is 0.926. The van der Waals surface area contributed by atoms with Crippen molar-refractivity contribution in [2.24, 2.45) is 10.9 Å². The van der Waals surface area contributed by atoms with E-state index in [1.807, 2.05) is 0 Å². The normalized spacial score (nSPS) is 16.0.